The number of thiazole rings is 1. The molecule has 9 heteroatoms. The topological polar surface area (TPSA) is 96.0 Å². The second-order valence-corrected chi connectivity index (χ2v) is 9.31. The number of hydrogen-bond donors (Lipinski definition) is 3. The van der Waals surface area contributed by atoms with Crippen molar-refractivity contribution >= 4 is 39.9 Å². The summed E-state index contributed by atoms with van der Waals surface area (Å²) >= 11 is 1.37. The van der Waals surface area contributed by atoms with Gasteiger partial charge in [0.25, 0.3) is 0 Å². The van der Waals surface area contributed by atoms with Crippen molar-refractivity contribution in [1.82, 2.24) is 9.97 Å². The number of benzene rings is 1. The first-order chi connectivity index (χ1) is 15.3. The van der Waals surface area contributed by atoms with Gasteiger partial charge in [-0.05, 0) is 66.5 Å². The van der Waals surface area contributed by atoms with Crippen LogP contribution in [0, 0.1) is 5.82 Å². The number of urea groups is 1. The number of hydrogen-bond acceptors (Lipinski definition) is 5. The molecule has 0 unspecified atom stereocenters. The number of nitrogens with zero attached hydrogens (tertiary/aromatic N) is 2. The monoisotopic (exact) mass is 453 g/mol. The molecule has 0 saturated heterocycles. The van der Waals surface area contributed by atoms with Gasteiger partial charge < -0.3 is 10.6 Å². The molecule has 32 heavy (non-hydrogen) atoms. The lowest BCUT2D eigenvalue weighted by molar-refractivity contribution is -0.114. The molecule has 1 aliphatic carbocycles. The van der Waals surface area contributed by atoms with Crippen LogP contribution in [0.15, 0.2) is 42.7 Å². The van der Waals surface area contributed by atoms with Crippen LogP contribution in [0.1, 0.15) is 42.7 Å². The molecule has 1 saturated carbocycles. The highest BCUT2D eigenvalue weighted by molar-refractivity contribution is 7.15. The zero-order chi connectivity index (χ0) is 22.7. The number of halogens is 1. The van der Waals surface area contributed by atoms with Crippen molar-refractivity contribution in [3.63, 3.8) is 0 Å². The Morgan fingerprint density at radius 3 is 2.66 bits per heavy atom. The average molecular weight is 454 g/mol. The highest BCUT2D eigenvalue weighted by Crippen LogP contribution is 2.48. The van der Waals surface area contributed by atoms with Gasteiger partial charge in [-0.15, -0.1) is 11.3 Å². The Balaban J connectivity index is 1.32. The van der Waals surface area contributed by atoms with Crippen LogP contribution in [0.4, 0.5) is 25.8 Å². The van der Waals surface area contributed by atoms with Gasteiger partial charge in [0, 0.05) is 24.2 Å². The molecule has 0 aliphatic heterocycles. The molecule has 0 radical (unpaired) electrons. The van der Waals surface area contributed by atoms with Crippen LogP contribution in [-0.2, 0) is 23.1 Å². The normalized spacial score (nSPS) is 14.0. The summed E-state index contributed by atoms with van der Waals surface area (Å²) in [6.45, 7) is 3.57. The molecule has 7 nitrogen and oxygen atoms in total. The number of carbonyl (C=O) groups excluding carboxylic acids is 2. The summed E-state index contributed by atoms with van der Waals surface area (Å²) in [4.78, 5) is 32.9. The molecular weight excluding hydrogens is 429 g/mol. The van der Waals surface area contributed by atoms with E-state index in [9.17, 15) is 14.0 Å². The fourth-order valence-electron chi connectivity index (χ4n) is 3.35. The van der Waals surface area contributed by atoms with Gasteiger partial charge in [0.1, 0.15) is 11.6 Å². The van der Waals surface area contributed by atoms with Gasteiger partial charge in [0.05, 0.1) is 5.69 Å². The molecule has 166 valence electrons. The van der Waals surface area contributed by atoms with E-state index in [2.05, 4.69) is 32.8 Å². The molecule has 0 bridgehead atoms. The molecule has 0 atom stereocenters. The maximum Gasteiger partial charge on any atom is 0.325 e. The van der Waals surface area contributed by atoms with E-state index in [1.165, 1.54) is 24.3 Å². The Bertz CT molecular complexity index is 1160. The third-order valence-electron chi connectivity index (χ3n) is 5.47. The van der Waals surface area contributed by atoms with Crippen molar-refractivity contribution in [1.29, 1.82) is 0 Å². The molecule has 1 fully saturated rings. The number of aryl methyl sites for hydroxylation is 2. The fourth-order valence-corrected chi connectivity index (χ4v) is 4.16. The van der Waals surface area contributed by atoms with Gasteiger partial charge in [-0.25, -0.2) is 19.2 Å². The predicted octanol–water partition coefficient (Wildman–Crippen LogP) is 5.12. The van der Waals surface area contributed by atoms with Gasteiger partial charge in [0.15, 0.2) is 5.13 Å². The number of amides is 3. The summed E-state index contributed by atoms with van der Waals surface area (Å²) in [5.41, 5.74) is 2.31. The number of aromatic nitrogens is 2. The van der Waals surface area contributed by atoms with E-state index in [1.807, 2.05) is 12.1 Å². The highest BCUT2D eigenvalue weighted by atomic mass is 32.1. The molecule has 0 spiro atoms. The van der Waals surface area contributed by atoms with Crippen molar-refractivity contribution in [2.45, 2.75) is 44.9 Å². The molecule has 3 N–H and O–H groups in total. The largest absolute Gasteiger partial charge is 0.325 e. The fraction of sp³-hybridized carbons (Fsp3) is 0.304. The van der Waals surface area contributed by atoms with Gasteiger partial charge >= 0.3 is 6.03 Å². The summed E-state index contributed by atoms with van der Waals surface area (Å²) in [5, 5.41) is 8.37. The minimum atomic E-state index is -0.531. The number of carbonyl (C=O) groups is 2. The Morgan fingerprint density at radius 2 is 1.91 bits per heavy atom. The number of anilines is 3. The molecule has 3 aromatic rings. The Labute approximate surface area is 189 Å². The van der Waals surface area contributed by atoms with E-state index in [4.69, 9.17) is 0 Å². The second-order valence-electron chi connectivity index (χ2n) is 8.20. The van der Waals surface area contributed by atoms with Gasteiger partial charge in [-0.2, -0.15) is 0 Å². The average Bonchev–Trinajstić information content (AvgIpc) is 3.34. The van der Waals surface area contributed by atoms with E-state index < -0.39 is 11.8 Å². The predicted molar refractivity (Wildman–Crippen MR) is 124 cm³/mol. The Morgan fingerprint density at radius 1 is 1.09 bits per heavy atom. The van der Waals surface area contributed by atoms with E-state index in [0.29, 0.717) is 10.9 Å². The highest BCUT2D eigenvalue weighted by Gasteiger charge is 2.39. The zero-order valence-corrected chi connectivity index (χ0v) is 18.7. The van der Waals surface area contributed by atoms with Crippen LogP contribution < -0.4 is 16.0 Å². The van der Waals surface area contributed by atoms with Crippen molar-refractivity contribution in [2.24, 2.45) is 0 Å². The zero-order valence-electron chi connectivity index (χ0n) is 17.9. The van der Waals surface area contributed by atoms with Gasteiger partial charge in [0.2, 0.25) is 5.91 Å². The standard InChI is InChI=1S/C23H24FN5O2S/c1-14(30)27-20-11-15(7-10-25-20)3-5-17-13-26-22(32-17)29-21(31)28-19-12-16(4-6-18(19)24)23(2)8-9-23/h4,6-7,10-13H,3,5,8-9H2,1-2H3,(H,25,27,30)(H2,26,28,29,31). The number of rotatable bonds is 7. The maximum absolute atomic E-state index is 14.2. The minimum Gasteiger partial charge on any atom is -0.311 e. The van der Waals surface area contributed by atoms with E-state index in [0.717, 1.165) is 41.7 Å². The van der Waals surface area contributed by atoms with Crippen LogP contribution in [0.2, 0.25) is 0 Å². The first kappa shape index (κ1) is 21.9. The maximum atomic E-state index is 14.2. The Kier molecular flexibility index (Phi) is 6.18. The van der Waals surface area contributed by atoms with E-state index in [1.54, 1.807) is 24.5 Å². The lowest BCUT2D eigenvalue weighted by Gasteiger charge is -2.12. The smallest absolute Gasteiger partial charge is 0.311 e. The lowest BCUT2D eigenvalue weighted by atomic mass is 9.98. The molecule has 1 aliphatic rings. The van der Waals surface area contributed by atoms with Crippen LogP contribution in [0.25, 0.3) is 0 Å². The van der Waals surface area contributed by atoms with Crippen molar-refractivity contribution < 1.29 is 14.0 Å². The first-order valence-corrected chi connectivity index (χ1v) is 11.2. The summed E-state index contributed by atoms with van der Waals surface area (Å²) in [7, 11) is 0. The third kappa shape index (κ3) is 5.47. The summed E-state index contributed by atoms with van der Waals surface area (Å²) in [6, 6.07) is 8.08. The summed E-state index contributed by atoms with van der Waals surface area (Å²) in [6.07, 6.45) is 6.97. The van der Waals surface area contributed by atoms with Crippen LogP contribution in [0.3, 0.4) is 0 Å². The van der Waals surface area contributed by atoms with Crippen molar-refractivity contribution in [3.05, 3.63) is 64.5 Å². The summed E-state index contributed by atoms with van der Waals surface area (Å²) < 4.78 is 14.2. The third-order valence-corrected chi connectivity index (χ3v) is 6.45. The minimum absolute atomic E-state index is 0.0858. The van der Waals surface area contributed by atoms with Gasteiger partial charge in [-0.1, -0.05) is 13.0 Å². The first-order valence-electron chi connectivity index (χ1n) is 10.4. The molecule has 4 rings (SSSR count). The van der Waals surface area contributed by atoms with Crippen molar-refractivity contribution in [3.8, 4) is 0 Å². The van der Waals surface area contributed by atoms with Crippen LogP contribution >= 0.6 is 11.3 Å². The second kappa shape index (κ2) is 9.04. The van der Waals surface area contributed by atoms with E-state index >= 15 is 0 Å². The lowest BCUT2D eigenvalue weighted by Crippen LogP contribution is -2.20. The Hall–Kier alpha value is -3.33. The van der Waals surface area contributed by atoms with Crippen LogP contribution in [-0.4, -0.2) is 21.9 Å². The van der Waals surface area contributed by atoms with Gasteiger partial charge in [-0.3, -0.25) is 10.1 Å². The molecule has 3 amide bonds. The SMILES string of the molecule is CC(=O)Nc1cc(CCc2cnc(NC(=O)Nc3cc(C4(C)CC4)ccc3F)s2)ccn1. The molecule has 1 aromatic carbocycles. The molecular formula is C23H24FN5O2S. The summed E-state index contributed by atoms with van der Waals surface area (Å²) in [5.74, 6) is -0.117. The number of nitrogens with one attached hydrogen (secondary N) is 3. The quantitative estimate of drug-likeness (QED) is 0.463. The molecule has 2 heterocycles. The van der Waals surface area contributed by atoms with Crippen LogP contribution in [0.5, 0.6) is 0 Å². The van der Waals surface area contributed by atoms with E-state index in [-0.39, 0.29) is 17.0 Å². The number of pyridine rings is 1. The van der Waals surface area contributed by atoms with Crippen molar-refractivity contribution in [2.75, 3.05) is 16.0 Å². The molecule has 2 aromatic heterocycles.